The molecule has 1 saturated heterocycles. The molecule has 128 valence electrons. The van der Waals surface area contributed by atoms with Crippen molar-refractivity contribution in [2.45, 2.75) is 31.7 Å². The number of carbonyl (C=O) groups excluding carboxylic acids is 2. The first-order valence-electron chi connectivity index (χ1n) is 7.96. The van der Waals surface area contributed by atoms with Crippen LogP contribution in [0.25, 0.3) is 0 Å². The molecule has 24 heavy (non-hydrogen) atoms. The first-order chi connectivity index (χ1) is 11.6. The van der Waals surface area contributed by atoms with E-state index in [4.69, 9.17) is 0 Å². The highest BCUT2D eigenvalue weighted by Gasteiger charge is 2.23. The van der Waals surface area contributed by atoms with Crippen LogP contribution in [0.5, 0.6) is 0 Å². The molecule has 0 bridgehead atoms. The minimum atomic E-state index is -0.158. The molecular weight excluding hydrogens is 328 g/mol. The summed E-state index contributed by atoms with van der Waals surface area (Å²) in [5, 5.41) is 12.8. The van der Waals surface area contributed by atoms with Gasteiger partial charge in [-0.1, -0.05) is 4.49 Å². The third-order valence-electron chi connectivity index (χ3n) is 4.10. The quantitative estimate of drug-likeness (QED) is 0.874. The van der Waals surface area contributed by atoms with Crippen molar-refractivity contribution in [1.82, 2.24) is 29.6 Å². The summed E-state index contributed by atoms with van der Waals surface area (Å²) in [6.45, 7) is 1.36. The third kappa shape index (κ3) is 4.16. The standard InChI is InChI=1S/C15H20N6O2S/c1-20-7-5-13(18-20)15(23)16-11-3-2-6-21(8-4-11)14(22)9-12-10-24-19-17-12/h5,7,10-11H,2-4,6,8-9H2,1H3,(H,16,23). The molecule has 9 heteroatoms. The van der Waals surface area contributed by atoms with E-state index in [0.717, 1.165) is 19.3 Å². The van der Waals surface area contributed by atoms with E-state index < -0.39 is 0 Å². The lowest BCUT2D eigenvalue weighted by molar-refractivity contribution is -0.130. The van der Waals surface area contributed by atoms with Gasteiger partial charge in [0, 0.05) is 37.8 Å². The molecule has 1 aliphatic rings. The lowest BCUT2D eigenvalue weighted by Gasteiger charge is -2.20. The Hall–Kier alpha value is -2.29. The number of hydrogen-bond acceptors (Lipinski definition) is 6. The fourth-order valence-corrected chi connectivity index (χ4v) is 3.26. The van der Waals surface area contributed by atoms with Gasteiger partial charge in [0.15, 0.2) is 0 Å². The van der Waals surface area contributed by atoms with Crippen LogP contribution < -0.4 is 5.32 Å². The number of aryl methyl sites for hydroxylation is 1. The Bertz CT molecular complexity index is 699. The summed E-state index contributed by atoms with van der Waals surface area (Å²) < 4.78 is 5.39. The van der Waals surface area contributed by atoms with Crippen molar-refractivity contribution in [2.24, 2.45) is 7.05 Å². The zero-order valence-electron chi connectivity index (χ0n) is 13.5. The number of rotatable bonds is 4. The van der Waals surface area contributed by atoms with Gasteiger partial charge in [-0.05, 0) is 36.9 Å². The number of aromatic nitrogens is 4. The lowest BCUT2D eigenvalue weighted by atomic mass is 10.1. The van der Waals surface area contributed by atoms with Crippen molar-refractivity contribution in [3.8, 4) is 0 Å². The largest absolute Gasteiger partial charge is 0.348 e. The monoisotopic (exact) mass is 348 g/mol. The van der Waals surface area contributed by atoms with Crippen molar-refractivity contribution < 1.29 is 9.59 Å². The van der Waals surface area contributed by atoms with Crippen LogP contribution in [0.3, 0.4) is 0 Å². The van der Waals surface area contributed by atoms with Crippen LogP contribution in [-0.4, -0.2) is 55.2 Å². The molecule has 1 atom stereocenters. The molecule has 0 aromatic carbocycles. The van der Waals surface area contributed by atoms with E-state index in [0.29, 0.717) is 30.9 Å². The van der Waals surface area contributed by atoms with Crippen LogP contribution in [-0.2, 0) is 18.3 Å². The summed E-state index contributed by atoms with van der Waals surface area (Å²) in [5.41, 5.74) is 1.14. The predicted molar refractivity (Wildman–Crippen MR) is 88.5 cm³/mol. The molecule has 0 aliphatic carbocycles. The summed E-state index contributed by atoms with van der Waals surface area (Å²) in [6.07, 6.45) is 4.52. The minimum Gasteiger partial charge on any atom is -0.348 e. The van der Waals surface area contributed by atoms with Gasteiger partial charge in [0.1, 0.15) is 5.69 Å². The maximum absolute atomic E-state index is 12.3. The van der Waals surface area contributed by atoms with Crippen LogP contribution in [0.2, 0.25) is 0 Å². The average molecular weight is 348 g/mol. The van der Waals surface area contributed by atoms with Crippen LogP contribution in [0.4, 0.5) is 0 Å². The Morgan fingerprint density at radius 3 is 2.96 bits per heavy atom. The molecule has 1 unspecified atom stereocenters. The summed E-state index contributed by atoms with van der Waals surface area (Å²) in [5.74, 6) is -0.0895. The first-order valence-corrected chi connectivity index (χ1v) is 8.79. The van der Waals surface area contributed by atoms with Gasteiger partial charge in [0.05, 0.1) is 12.1 Å². The highest BCUT2D eigenvalue weighted by molar-refractivity contribution is 7.03. The van der Waals surface area contributed by atoms with Crippen molar-refractivity contribution >= 4 is 23.3 Å². The molecule has 2 aromatic rings. The van der Waals surface area contributed by atoms with Gasteiger partial charge in [0.2, 0.25) is 5.91 Å². The fraction of sp³-hybridized carbons (Fsp3) is 0.533. The van der Waals surface area contributed by atoms with E-state index in [9.17, 15) is 9.59 Å². The van der Waals surface area contributed by atoms with Crippen LogP contribution in [0.1, 0.15) is 35.4 Å². The summed E-state index contributed by atoms with van der Waals surface area (Å²) in [7, 11) is 1.78. The van der Waals surface area contributed by atoms with E-state index in [-0.39, 0.29) is 17.9 Å². The molecule has 0 radical (unpaired) electrons. The normalized spacial score (nSPS) is 18.2. The van der Waals surface area contributed by atoms with Crippen LogP contribution >= 0.6 is 11.5 Å². The van der Waals surface area contributed by atoms with Gasteiger partial charge in [0.25, 0.3) is 5.91 Å². The van der Waals surface area contributed by atoms with Gasteiger partial charge in [-0.2, -0.15) is 5.10 Å². The van der Waals surface area contributed by atoms with Gasteiger partial charge >= 0.3 is 0 Å². The van der Waals surface area contributed by atoms with Gasteiger partial charge in [-0.25, -0.2) is 0 Å². The number of nitrogens with zero attached hydrogens (tertiary/aromatic N) is 5. The number of carbonyl (C=O) groups is 2. The maximum Gasteiger partial charge on any atom is 0.271 e. The molecule has 8 nitrogen and oxygen atoms in total. The molecule has 2 amide bonds. The Morgan fingerprint density at radius 2 is 2.25 bits per heavy atom. The van der Waals surface area contributed by atoms with E-state index in [2.05, 4.69) is 20.0 Å². The third-order valence-corrected chi connectivity index (χ3v) is 4.65. The van der Waals surface area contributed by atoms with Crippen molar-refractivity contribution in [2.75, 3.05) is 13.1 Å². The summed E-state index contributed by atoms with van der Waals surface area (Å²) >= 11 is 1.25. The zero-order chi connectivity index (χ0) is 16.9. The van der Waals surface area contributed by atoms with Gasteiger partial charge in [-0.3, -0.25) is 14.3 Å². The van der Waals surface area contributed by atoms with Crippen LogP contribution in [0, 0.1) is 0 Å². The van der Waals surface area contributed by atoms with Crippen molar-refractivity contribution in [3.05, 3.63) is 29.0 Å². The van der Waals surface area contributed by atoms with Crippen molar-refractivity contribution in [1.29, 1.82) is 0 Å². The lowest BCUT2D eigenvalue weighted by Crippen LogP contribution is -2.37. The van der Waals surface area contributed by atoms with Crippen molar-refractivity contribution in [3.63, 3.8) is 0 Å². The molecule has 3 heterocycles. The molecule has 1 N–H and O–H groups in total. The number of nitrogens with one attached hydrogen (secondary N) is 1. The number of likely N-dealkylation sites (tertiary alicyclic amines) is 1. The molecular formula is C15H20N6O2S. The smallest absolute Gasteiger partial charge is 0.271 e. The first kappa shape index (κ1) is 16.6. The second-order valence-corrected chi connectivity index (χ2v) is 6.54. The second kappa shape index (κ2) is 7.52. The van der Waals surface area contributed by atoms with E-state index >= 15 is 0 Å². The SMILES string of the molecule is Cn1ccc(C(=O)NC2CCCN(C(=O)Cc3csnn3)CC2)n1. The molecule has 1 fully saturated rings. The minimum absolute atomic E-state index is 0.0678. The Kier molecular flexibility index (Phi) is 5.19. The van der Waals surface area contributed by atoms with E-state index in [1.54, 1.807) is 29.4 Å². The highest BCUT2D eigenvalue weighted by atomic mass is 32.1. The van der Waals surface area contributed by atoms with Crippen LogP contribution in [0.15, 0.2) is 17.6 Å². The highest BCUT2D eigenvalue weighted by Crippen LogP contribution is 2.13. The van der Waals surface area contributed by atoms with E-state index in [1.807, 2.05) is 4.90 Å². The second-order valence-electron chi connectivity index (χ2n) is 5.93. The molecule has 0 spiro atoms. The Balaban J connectivity index is 1.51. The Morgan fingerprint density at radius 1 is 1.38 bits per heavy atom. The van der Waals surface area contributed by atoms with Gasteiger partial charge in [-0.15, -0.1) is 5.10 Å². The molecule has 0 saturated carbocycles. The maximum atomic E-state index is 12.3. The molecule has 1 aliphatic heterocycles. The molecule has 2 aromatic heterocycles. The predicted octanol–water partition coefficient (Wildman–Crippen LogP) is 0.625. The average Bonchev–Trinajstić information content (AvgIpc) is 3.16. The molecule has 3 rings (SSSR count). The van der Waals surface area contributed by atoms with Gasteiger partial charge < -0.3 is 10.2 Å². The Labute approximate surface area is 144 Å². The number of hydrogen-bond donors (Lipinski definition) is 1. The zero-order valence-corrected chi connectivity index (χ0v) is 14.3. The van der Waals surface area contributed by atoms with E-state index in [1.165, 1.54) is 11.5 Å². The number of amides is 2. The summed E-state index contributed by atoms with van der Waals surface area (Å²) in [4.78, 5) is 26.4. The topological polar surface area (TPSA) is 93.0 Å². The summed E-state index contributed by atoms with van der Waals surface area (Å²) in [6, 6.07) is 1.77. The fourth-order valence-electron chi connectivity index (χ4n) is 2.81.